The van der Waals surface area contributed by atoms with E-state index in [4.69, 9.17) is 0 Å². The summed E-state index contributed by atoms with van der Waals surface area (Å²) in [5, 5.41) is 1.48. The van der Waals surface area contributed by atoms with Gasteiger partial charge in [0.25, 0.3) is 0 Å². The second kappa shape index (κ2) is 3.87. The Morgan fingerprint density at radius 2 is 1.67 bits per heavy atom. The van der Waals surface area contributed by atoms with Gasteiger partial charge in [0.2, 0.25) is 0 Å². The van der Waals surface area contributed by atoms with Crippen LogP contribution in [0.25, 0.3) is 0 Å². The smallest absolute Gasteiger partial charge is 0.127 e. The molecule has 0 aromatic heterocycles. The van der Waals surface area contributed by atoms with Crippen LogP contribution in [-0.2, 0) is 0 Å². The Hall–Kier alpha value is -0.603. The molecule has 0 aliphatic heterocycles. The molecule has 0 unspecified atom stereocenters. The molecule has 0 bridgehead atoms. The summed E-state index contributed by atoms with van der Waals surface area (Å²) in [6, 6.07) is 6.74. The van der Waals surface area contributed by atoms with Crippen LogP contribution in [0.3, 0.4) is 0 Å². The first-order valence-corrected chi connectivity index (χ1v) is 5.50. The minimum Gasteiger partial charge on any atom is -0.326 e. The van der Waals surface area contributed by atoms with Crippen LogP contribution in [-0.4, -0.2) is 21.3 Å². The summed E-state index contributed by atoms with van der Waals surface area (Å²) in [6.07, 6.45) is 0. The van der Waals surface area contributed by atoms with Crippen LogP contribution in [0, 0.1) is 20.9 Å². The summed E-state index contributed by atoms with van der Waals surface area (Å²) in [4.78, 5) is 0. The molecule has 1 aromatic carbocycles. The summed E-state index contributed by atoms with van der Waals surface area (Å²) in [5.41, 5.74) is 2.72. The maximum atomic E-state index is 3.89. The Bertz CT molecular complexity index is 248. The van der Waals surface area contributed by atoms with Crippen molar-refractivity contribution in [1.82, 2.24) is 4.57 Å². The maximum absolute atomic E-state index is 3.89. The Morgan fingerprint density at radius 3 is 2.08 bits per heavy atom. The van der Waals surface area contributed by atoms with Crippen molar-refractivity contribution in [3.8, 4) is 0 Å². The molecule has 0 heterocycles. The number of hydrogen-bond donors (Lipinski definition) is 0. The zero-order valence-electron chi connectivity index (χ0n) is 8.09. The minimum absolute atomic E-state index is 0.297. The van der Waals surface area contributed by atoms with Gasteiger partial charge in [-0.05, 0) is 26.1 Å². The van der Waals surface area contributed by atoms with E-state index in [1.54, 1.807) is 0 Å². The van der Waals surface area contributed by atoms with Gasteiger partial charge in [0.1, 0.15) is 9.68 Å². The lowest BCUT2D eigenvalue weighted by Gasteiger charge is -2.09. The van der Waals surface area contributed by atoms with Gasteiger partial charge in [0, 0.05) is 7.05 Å². The third-order valence-corrected chi connectivity index (χ3v) is 3.05. The van der Waals surface area contributed by atoms with Crippen LogP contribution >= 0.6 is 0 Å². The predicted molar refractivity (Wildman–Crippen MR) is 57.2 cm³/mol. The molecule has 1 nitrogen and oxygen atoms in total. The van der Waals surface area contributed by atoms with E-state index in [0.29, 0.717) is 0 Å². The average molecular weight is 178 g/mol. The Kier molecular flexibility index (Phi) is 3.06. The van der Waals surface area contributed by atoms with E-state index in [1.165, 1.54) is 16.3 Å². The maximum Gasteiger partial charge on any atom is 0.127 e. The fourth-order valence-electron chi connectivity index (χ4n) is 1.47. The quantitative estimate of drug-likeness (QED) is 0.604. The van der Waals surface area contributed by atoms with E-state index < -0.39 is 0 Å². The Morgan fingerprint density at radius 1 is 1.17 bits per heavy atom. The lowest BCUT2D eigenvalue weighted by Crippen LogP contribution is -2.28. The molecule has 0 amide bonds. The first-order valence-electron chi connectivity index (χ1n) is 4.17. The van der Waals surface area contributed by atoms with Gasteiger partial charge in [0.15, 0.2) is 0 Å². The highest BCUT2D eigenvalue weighted by Gasteiger charge is 1.97. The van der Waals surface area contributed by atoms with Gasteiger partial charge in [-0.1, -0.05) is 29.3 Å². The molecule has 1 aromatic rings. The van der Waals surface area contributed by atoms with Crippen molar-refractivity contribution in [3.63, 3.8) is 0 Å². The van der Waals surface area contributed by atoms with Crippen LogP contribution in [0.2, 0.25) is 0 Å². The molecule has 65 valence electrons. The molecule has 1 rings (SSSR count). The number of aryl methyl sites for hydroxylation is 2. The van der Waals surface area contributed by atoms with Crippen molar-refractivity contribution in [2.75, 3.05) is 7.05 Å². The summed E-state index contributed by atoms with van der Waals surface area (Å²) >= 11 is 0. The van der Waals surface area contributed by atoms with Crippen molar-refractivity contribution in [2.24, 2.45) is 0 Å². The highest BCUT2D eigenvalue weighted by molar-refractivity contribution is 6.50. The lowest BCUT2D eigenvalue weighted by molar-refractivity contribution is 0.732. The number of benzene rings is 1. The van der Waals surface area contributed by atoms with E-state index in [-0.39, 0.29) is 9.68 Å². The van der Waals surface area contributed by atoms with Gasteiger partial charge in [-0.15, -0.1) is 0 Å². The highest BCUT2D eigenvalue weighted by Crippen LogP contribution is 1.99. The number of hydrogen-bond acceptors (Lipinski definition) is 1. The summed E-state index contributed by atoms with van der Waals surface area (Å²) in [6.45, 7) is 4.29. The van der Waals surface area contributed by atoms with Gasteiger partial charge >= 0.3 is 0 Å². The van der Waals surface area contributed by atoms with E-state index in [9.17, 15) is 0 Å². The van der Waals surface area contributed by atoms with Crippen molar-refractivity contribution >= 4 is 14.9 Å². The van der Waals surface area contributed by atoms with Crippen LogP contribution in [0.1, 0.15) is 11.1 Å². The van der Waals surface area contributed by atoms with Gasteiger partial charge in [-0.25, -0.2) is 0 Å². The summed E-state index contributed by atoms with van der Waals surface area (Å²) in [7, 11) is 5.64. The fourth-order valence-corrected chi connectivity index (χ4v) is 2.92. The van der Waals surface area contributed by atoms with Crippen LogP contribution in [0.15, 0.2) is 18.2 Å². The predicted octanol–water partition coefficient (Wildman–Crippen LogP) is 0.736. The van der Waals surface area contributed by atoms with Gasteiger partial charge in [-0.2, -0.15) is 0 Å². The minimum atomic E-state index is -0.297. The van der Waals surface area contributed by atoms with Gasteiger partial charge in [0.05, 0.1) is 0 Å². The molecule has 1 radical (unpaired) electrons. The summed E-state index contributed by atoms with van der Waals surface area (Å²) in [5.74, 6) is 0. The molecule has 0 aliphatic rings. The Balaban J connectivity index is 2.85. The normalized spacial score (nSPS) is 11.8. The number of rotatable bonds is 2. The van der Waals surface area contributed by atoms with Crippen LogP contribution in [0.5, 0.6) is 0 Å². The van der Waals surface area contributed by atoms with Crippen molar-refractivity contribution in [2.45, 2.75) is 13.8 Å². The molecule has 0 N–H and O–H groups in total. The van der Waals surface area contributed by atoms with Crippen molar-refractivity contribution < 1.29 is 0 Å². The average Bonchev–Trinajstić information content (AvgIpc) is 1.81. The molecule has 0 saturated carbocycles. The molecule has 0 fully saturated rings. The number of nitrogens with zero attached hydrogens (tertiary/aromatic N) is 1. The summed E-state index contributed by atoms with van der Waals surface area (Å²) < 4.78 is 2.08. The standard InChI is InChI=1S/C10H16NSi/c1-8-5-9(2)7-10(6-8)12-11(3)4/h5-7H,3,12H2,1-2,4H3. The van der Waals surface area contributed by atoms with E-state index in [2.05, 4.69) is 43.7 Å². The largest absolute Gasteiger partial charge is 0.326 e. The SMILES string of the molecule is [CH2]N(C)[SiH2]c1cc(C)cc(C)c1. The van der Waals surface area contributed by atoms with E-state index in [1.807, 2.05) is 7.05 Å². The molecule has 0 spiro atoms. The highest BCUT2D eigenvalue weighted by atomic mass is 28.2. The third-order valence-electron chi connectivity index (χ3n) is 1.73. The molecule has 2 heteroatoms. The molecule has 0 aliphatic carbocycles. The van der Waals surface area contributed by atoms with E-state index >= 15 is 0 Å². The first kappa shape index (κ1) is 9.48. The molecule has 0 atom stereocenters. The second-order valence-corrected chi connectivity index (χ2v) is 5.72. The first-order chi connectivity index (χ1) is 5.58. The lowest BCUT2D eigenvalue weighted by atomic mass is 10.2. The zero-order chi connectivity index (χ0) is 9.14. The van der Waals surface area contributed by atoms with Crippen molar-refractivity contribution in [3.05, 3.63) is 36.4 Å². The topological polar surface area (TPSA) is 3.24 Å². The second-order valence-electron chi connectivity index (χ2n) is 3.51. The van der Waals surface area contributed by atoms with E-state index in [0.717, 1.165) is 0 Å². The third kappa shape index (κ3) is 2.79. The zero-order valence-corrected chi connectivity index (χ0v) is 9.51. The monoisotopic (exact) mass is 178 g/mol. The van der Waals surface area contributed by atoms with Crippen LogP contribution < -0.4 is 5.19 Å². The van der Waals surface area contributed by atoms with Gasteiger partial charge in [-0.3, -0.25) is 0 Å². The van der Waals surface area contributed by atoms with Crippen molar-refractivity contribution in [1.29, 1.82) is 0 Å². The molecular formula is C10H16NSi. The molecular weight excluding hydrogens is 162 g/mol. The van der Waals surface area contributed by atoms with Gasteiger partial charge < -0.3 is 4.57 Å². The fraction of sp³-hybridized carbons (Fsp3) is 0.300. The molecule has 0 saturated heterocycles. The Labute approximate surface area is 77.3 Å². The van der Waals surface area contributed by atoms with Crippen LogP contribution in [0.4, 0.5) is 0 Å². The molecule has 12 heavy (non-hydrogen) atoms.